The number of aromatic nitrogens is 1. The van der Waals surface area contributed by atoms with Crippen molar-refractivity contribution in [1.82, 2.24) is 4.98 Å². The Morgan fingerprint density at radius 1 is 1.56 bits per heavy atom. The van der Waals surface area contributed by atoms with Crippen LogP contribution in [0.3, 0.4) is 0 Å². The van der Waals surface area contributed by atoms with Crippen LogP contribution in [0.5, 0.6) is 0 Å². The summed E-state index contributed by atoms with van der Waals surface area (Å²) in [6, 6.07) is 4.21. The van der Waals surface area contributed by atoms with Gasteiger partial charge in [0.25, 0.3) is 0 Å². The monoisotopic (exact) mass is 300 g/mol. The molecule has 0 spiro atoms. The fourth-order valence-electron chi connectivity index (χ4n) is 1.88. The highest BCUT2D eigenvalue weighted by molar-refractivity contribution is 9.10. The van der Waals surface area contributed by atoms with Gasteiger partial charge in [0.15, 0.2) is 0 Å². The van der Waals surface area contributed by atoms with E-state index in [-0.39, 0.29) is 0 Å². The zero-order valence-corrected chi connectivity index (χ0v) is 12.1. The molecule has 1 saturated heterocycles. The first-order valence-electron chi connectivity index (χ1n) is 5.70. The molecule has 0 bridgehead atoms. The van der Waals surface area contributed by atoms with Gasteiger partial charge in [-0.15, -0.1) is 0 Å². The third kappa shape index (κ3) is 2.72. The van der Waals surface area contributed by atoms with Crippen molar-refractivity contribution in [2.45, 2.75) is 25.5 Å². The second-order valence-electron chi connectivity index (χ2n) is 4.08. The average molecular weight is 301 g/mol. The molecule has 1 fully saturated rings. The third-order valence-corrected chi connectivity index (χ3v) is 5.13. The first kappa shape index (κ1) is 12.2. The molecule has 88 valence electrons. The Morgan fingerprint density at radius 3 is 3.06 bits per heavy atom. The number of hydrogen-bond acceptors (Lipinski definition) is 3. The molecule has 4 heteroatoms. The normalized spacial score (nSPS) is 21.2. The van der Waals surface area contributed by atoms with Crippen LogP contribution in [-0.2, 0) is 0 Å². The van der Waals surface area contributed by atoms with Gasteiger partial charge in [-0.1, -0.05) is 6.92 Å². The molecule has 1 aliphatic rings. The van der Waals surface area contributed by atoms with Crippen molar-refractivity contribution >= 4 is 33.5 Å². The van der Waals surface area contributed by atoms with Gasteiger partial charge in [0.1, 0.15) is 5.82 Å². The standard InChI is InChI=1S/C12H17BrN2S/c1-3-10-8-15(6-7-16-10)12-5-4-11(13)9(2)14-12/h4-5,10H,3,6-8H2,1-2H3. The number of hydrogen-bond donors (Lipinski definition) is 0. The van der Waals surface area contributed by atoms with E-state index >= 15 is 0 Å². The maximum absolute atomic E-state index is 4.63. The first-order chi connectivity index (χ1) is 7.70. The Morgan fingerprint density at radius 2 is 2.38 bits per heavy atom. The van der Waals surface area contributed by atoms with Crippen molar-refractivity contribution < 1.29 is 0 Å². The topological polar surface area (TPSA) is 16.1 Å². The van der Waals surface area contributed by atoms with Crippen LogP contribution < -0.4 is 4.90 Å². The molecule has 1 aromatic rings. The molecular formula is C12H17BrN2S. The molecule has 0 saturated carbocycles. The smallest absolute Gasteiger partial charge is 0.128 e. The molecule has 1 aliphatic heterocycles. The number of thioether (sulfide) groups is 1. The van der Waals surface area contributed by atoms with Crippen LogP contribution in [0, 0.1) is 6.92 Å². The number of rotatable bonds is 2. The van der Waals surface area contributed by atoms with Gasteiger partial charge in [-0.2, -0.15) is 11.8 Å². The summed E-state index contributed by atoms with van der Waals surface area (Å²) in [5, 5.41) is 0.763. The van der Waals surface area contributed by atoms with E-state index in [1.54, 1.807) is 0 Å². The van der Waals surface area contributed by atoms with Crippen LogP contribution in [0.1, 0.15) is 19.0 Å². The lowest BCUT2D eigenvalue weighted by atomic mass is 10.3. The first-order valence-corrected chi connectivity index (χ1v) is 7.54. The van der Waals surface area contributed by atoms with Gasteiger partial charge in [0.05, 0.1) is 5.69 Å². The van der Waals surface area contributed by atoms with Gasteiger partial charge in [0.2, 0.25) is 0 Å². The molecule has 1 aromatic heterocycles. The zero-order valence-electron chi connectivity index (χ0n) is 9.74. The number of nitrogens with zero attached hydrogens (tertiary/aromatic N) is 2. The highest BCUT2D eigenvalue weighted by Crippen LogP contribution is 2.26. The van der Waals surface area contributed by atoms with E-state index in [9.17, 15) is 0 Å². The van der Waals surface area contributed by atoms with E-state index in [1.165, 1.54) is 12.2 Å². The van der Waals surface area contributed by atoms with E-state index in [4.69, 9.17) is 0 Å². The lowest BCUT2D eigenvalue weighted by Gasteiger charge is -2.33. The predicted octanol–water partition coefficient (Wildman–Crippen LogP) is 3.48. The van der Waals surface area contributed by atoms with Gasteiger partial charge in [0, 0.05) is 28.6 Å². The van der Waals surface area contributed by atoms with Crippen LogP contribution in [0.15, 0.2) is 16.6 Å². The SMILES string of the molecule is CCC1CN(c2ccc(Br)c(C)n2)CCS1. The molecule has 0 aromatic carbocycles. The molecule has 16 heavy (non-hydrogen) atoms. The maximum Gasteiger partial charge on any atom is 0.128 e. The molecule has 1 atom stereocenters. The Bertz CT molecular complexity index is 370. The summed E-state index contributed by atoms with van der Waals surface area (Å²) in [5.41, 5.74) is 1.07. The van der Waals surface area contributed by atoms with Crippen molar-refractivity contribution in [3.63, 3.8) is 0 Å². The van der Waals surface area contributed by atoms with Crippen molar-refractivity contribution in [3.8, 4) is 0 Å². The van der Waals surface area contributed by atoms with E-state index in [1.807, 2.05) is 6.92 Å². The largest absolute Gasteiger partial charge is 0.355 e. The summed E-state index contributed by atoms with van der Waals surface area (Å²) >= 11 is 5.58. The molecule has 0 radical (unpaired) electrons. The number of aryl methyl sites for hydroxylation is 1. The van der Waals surface area contributed by atoms with Gasteiger partial charge >= 0.3 is 0 Å². The fraction of sp³-hybridized carbons (Fsp3) is 0.583. The lowest BCUT2D eigenvalue weighted by Crippen LogP contribution is -2.38. The average Bonchev–Trinajstić information content (AvgIpc) is 2.33. The van der Waals surface area contributed by atoms with Gasteiger partial charge in [-0.05, 0) is 41.4 Å². The molecule has 0 aliphatic carbocycles. The third-order valence-electron chi connectivity index (χ3n) is 2.92. The summed E-state index contributed by atoms with van der Waals surface area (Å²) in [5.74, 6) is 2.34. The van der Waals surface area contributed by atoms with Crippen LogP contribution >= 0.6 is 27.7 Å². The van der Waals surface area contributed by atoms with Crippen molar-refractivity contribution in [2.75, 3.05) is 23.7 Å². The van der Waals surface area contributed by atoms with Crippen LogP contribution in [0.2, 0.25) is 0 Å². The van der Waals surface area contributed by atoms with E-state index in [0.29, 0.717) is 0 Å². The highest BCUT2D eigenvalue weighted by Gasteiger charge is 2.20. The van der Waals surface area contributed by atoms with Crippen molar-refractivity contribution in [2.24, 2.45) is 0 Å². The minimum Gasteiger partial charge on any atom is -0.355 e. The minimum atomic E-state index is 0.763. The number of pyridine rings is 1. The maximum atomic E-state index is 4.63. The molecule has 2 rings (SSSR count). The second-order valence-corrected chi connectivity index (χ2v) is 6.35. The van der Waals surface area contributed by atoms with Crippen LogP contribution in [0.25, 0.3) is 0 Å². The highest BCUT2D eigenvalue weighted by atomic mass is 79.9. The fourth-order valence-corrected chi connectivity index (χ4v) is 3.28. The second kappa shape index (κ2) is 5.41. The summed E-state index contributed by atoms with van der Waals surface area (Å²) in [4.78, 5) is 7.04. The summed E-state index contributed by atoms with van der Waals surface area (Å²) in [7, 11) is 0. The van der Waals surface area contributed by atoms with Crippen LogP contribution in [0.4, 0.5) is 5.82 Å². The molecule has 0 N–H and O–H groups in total. The van der Waals surface area contributed by atoms with Gasteiger partial charge in [-0.3, -0.25) is 0 Å². The number of halogens is 1. The zero-order chi connectivity index (χ0) is 11.5. The molecule has 2 heterocycles. The summed E-state index contributed by atoms with van der Waals surface area (Å²) in [6.45, 7) is 6.56. The predicted molar refractivity (Wildman–Crippen MR) is 75.4 cm³/mol. The van der Waals surface area contributed by atoms with Crippen LogP contribution in [-0.4, -0.2) is 29.1 Å². The quantitative estimate of drug-likeness (QED) is 0.832. The summed E-state index contributed by atoms with van der Waals surface area (Å²) in [6.07, 6.45) is 1.25. The molecule has 2 nitrogen and oxygen atoms in total. The molecule has 0 amide bonds. The Kier molecular flexibility index (Phi) is 4.14. The van der Waals surface area contributed by atoms with Gasteiger partial charge < -0.3 is 4.90 Å². The van der Waals surface area contributed by atoms with Gasteiger partial charge in [-0.25, -0.2) is 4.98 Å². The Balaban J connectivity index is 2.13. The Labute approximate surface area is 110 Å². The van der Waals surface area contributed by atoms with E-state index < -0.39 is 0 Å². The van der Waals surface area contributed by atoms with Crippen molar-refractivity contribution in [3.05, 3.63) is 22.3 Å². The minimum absolute atomic E-state index is 0.763. The molecular weight excluding hydrogens is 284 g/mol. The van der Waals surface area contributed by atoms with E-state index in [0.717, 1.165) is 34.3 Å². The van der Waals surface area contributed by atoms with Crippen molar-refractivity contribution in [1.29, 1.82) is 0 Å². The molecule has 1 unspecified atom stereocenters. The number of anilines is 1. The Hall–Kier alpha value is -0.220. The summed E-state index contributed by atoms with van der Waals surface area (Å²) < 4.78 is 1.09. The van der Waals surface area contributed by atoms with E-state index in [2.05, 4.69) is 56.6 Å². The lowest BCUT2D eigenvalue weighted by molar-refractivity contribution is 0.719.